The number of hydrogen-bond acceptors (Lipinski definition) is 4. The summed E-state index contributed by atoms with van der Waals surface area (Å²) in [5, 5.41) is 0. The van der Waals surface area contributed by atoms with E-state index in [4.69, 9.17) is 4.74 Å². The van der Waals surface area contributed by atoms with Gasteiger partial charge in [-0.15, -0.1) is 0 Å². The van der Waals surface area contributed by atoms with Crippen LogP contribution in [0.5, 0.6) is 5.75 Å². The summed E-state index contributed by atoms with van der Waals surface area (Å²) in [4.78, 5) is 15.2. The van der Waals surface area contributed by atoms with E-state index in [9.17, 15) is 4.79 Å². The fraction of sp³-hybridized carbons (Fsp3) is 0.250. The van der Waals surface area contributed by atoms with Crippen molar-refractivity contribution >= 4 is 28.6 Å². The highest BCUT2D eigenvalue weighted by Crippen LogP contribution is 2.22. The van der Waals surface area contributed by atoms with Crippen LogP contribution in [0.3, 0.4) is 0 Å². The first kappa shape index (κ1) is 10.2. The van der Waals surface area contributed by atoms with Crippen LogP contribution in [0.2, 0.25) is 0 Å². The van der Waals surface area contributed by atoms with Crippen LogP contribution in [0, 0.1) is 3.70 Å². The fourth-order valence-electron chi connectivity index (χ4n) is 0.877. The molecule has 1 aromatic rings. The SMILES string of the molecule is COC(=O)c1c(OC)ccnc1I. The highest BCUT2D eigenvalue weighted by Gasteiger charge is 2.16. The molecule has 0 saturated carbocycles. The summed E-state index contributed by atoms with van der Waals surface area (Å²) in [5.41, 5.74) is 0.369. The Hall–Kier alpha value is -0.850. The molecule has 5 heteroatoms. The van der Waals surface area contributed by atoms with Crippen molar-refractivity contribution in [2.45, 2.75) is 0 Å². The zero-order valence-electron chi connectivity index (χ0n) is 7.20. The minimum atomic E-state index is -0.436. The average Bonchev–Trinajstić information content (AvgIpc) is 2.16. The van der Waals surface area contributed by atoms with Gasteiger partial charge in [-0.2, -0.15) is 0 Å². The number of aromatic nitrogens is 1. The first-order chi connectivity index (χ1) is 6.20. The summed E-state index contributed by atoms with van der Waals surface area (Å²) in [6.07, 6.45) is 1.58. The molecule has 1 heterocycles. The van der Waals surface area contributed by atoms with E-state index in [1.165, 1.54) is 14.2 Å². The van der Waals surface area contributed by atoms with Crippen molar-refractivity contribution in [2.75, 3.05) is 14.2 Å². The molecule has 0 aliphatic heterocycles. The molecule has 0 aliphatic rings. The Morgan fingerprint density at radius 2 is 2.23 bits per heavy atom. The lowest BCUT2D eigenvalue weighted by Gasteiger charge is -2.06. The number of ether oxygens (including phenoxy) is 2. The smallest absolute Gasteiger partial charge is 0.344 e. The lowest BCUT2D eigenvalue weighted by molar-refractivity contribution is 0.0595. The summed E-state index contributed by atoms with van der Waals surface area (Å²) < 4.78 is 10.2. The Kier molecular flexibility index (Phi) is 3.47. The lowest BCUT2D eigenvalue weighted by Crippen LogP contribution is -2.07. The molecule has 0 aliphatic carbocycles. The van der Waals surface area contributed by atoms with Crippen LogP contribution >= 0.6 is 22.6 Å². The largest absolute Gasteiger partial charge is 0.496 e. The number of rotatable bonds is 2. The van der Waals surface area contributed by atoms with Crippen molar-refractivity contribution in [3.8, 4) is 5.75 Å². The Morgan fingerprint density at radius 3 is 2.77 bits per heavy atom. The van der Waals surface area contributed by atoms with E-state index < -0.39 is 5.97 Å². The van der Waals surface area contributed by atoms with E-state index in [0.717, 1.165) is 0 Å². The third-order valence-electron chi connectivity index (χ3n) is 1.48. The van der Waals surface area contributed by atoms with Crippen molar-refractivity contribution in [1.29, 1.82) is 0 Å². The molecule has 13 heavy (non-hydrogen) atoms. The molecule has 0 N–H and O–H groups in total. The number of nitrogens with zero attached hydrogens (tertiary/aromatic N) is 1. The number of halogens is 1. The van der Waals surface area contributed by atoms with E-state index >= 15 is 0 Å². The van der Waals surface area contributed by atoms with Crippen LogP contribution in [0.25, 0.3) is 0 Å². The molecular formula is C8H8INO3. The summed E-state index contributed by atoms with van der Waals surface area (Å²) in [7, 11) is 2.82. The molecular weight excluding hydrogens is 285 g/mol. The van der Waals surface area contributed by atoms with Gasteiger partial charge in [0.1, 0.15) is 15.0 Å². The summed E-state index contributed by atoms with van der Waals surface area (Å²) in [6, 6.07) is 1.62. The third-order valence-corrected chi connectivity index (χ3v) is 2.29. The summed E-state index contributed by atoms with van der Waals surface area (Å²) in [6.45, 7) is 0. The maximum absolute atomic E-state index is 11.3. The molecule has 0 radical (unpaired) electrons. The molecule has 1 aromatic heterocycles. The third kappa shape index (κ3) is 2.09. The molecule has 4 nitrogen and oxygen atoms in total. The number of hydrogen-bond donors (Lipinski definition) is 0. The number of carbonyl (C=O) groups is 1. The van der Waals surface area contributed by atoms with E-state index in [2.05, 4.69) is 9.72 Å². The maximum atomic E-state index is 11.3. The monoisotopic (exact) mass is 293 g/mol. The second-order valence-electron chi connectivity index (χ2n) is 2.17. The van der Waals surface area contributed by atoms with Crippen LogP contribution in [-0.2, 0) is 4.74 Å². The fourth-order valence-corrected chi connectivity index (χ4v) is 1.52. The van der Waals surface area contributed by atoms with Crippen LogP contribution in [0.4, 0.5) is 0 Å². The Labute approximate surface area is 89.4 Å². The topological polar surface area (TPSA) is 48.4 Å². The number of carbonyl (C=O) groups excluding carboxylic acids is 1. The number of pyridine rings is 1. The minimum Gasteiger partial charge on any atom is -0.496 e. The van der Waals surface area contributed by atoms with Gasteiger partial charge >= 0.3 is 5.97 Å². The second-order valence-corrected chi connectivity index (χ2v) is 3.19. The van der Waals surface area contributed by atoms with Gasteiger partial charge in [0.2, 0.25) is 0 Å². The van der Waals surface area contributed by atoms with Gasteiger partial charge in [-0.25, -0.2) is 9.78 Å². The summed E-state index contributed by atoms with van der Waals surface area (Å²) >= 11 is 1.96. The van der Waals surface area contributed by atoms with Gasteiger partial charge in [0.15, 0.2) is 0 Å². The van der Waals surface area contributed by atoms with Crippen LogP contribution < -0.4 is 4.74 Å². The molecule has 0 atom stereocenters. The highest BCUT2D eigenvalue weighted by molar-refractivity contribution is 14.1. The lowest BCUT2D eigenvalue weighted by atomic mass is 10.2. The first-order valence-corrected chi connectivity index (χ1v) is 4.55. The quantitative estimate of drug-likeness (QED) is 0.471. The van der Waals surface area contributed by atoms with Crippen LogP contribution in [-0.4, -0.2) is 25.2 Å². The highest BCUT2D eigenvalue weighted by atomic mass is 127. The van der Waals surface area contributed by atoms with Crippen LogP contribution in [0.15, 0.2) is 12.3 Å². The Morgan fingerprint density at radius 1 is 1.54 bits per heavy atom. The molecule has 1 rings (SSSR count). The Balaban J connectivity index is 3.22. The Bertz CT molecular complexity index is 327. The molecule has 0 amide bonds. The van der Waals surface area contributed by atoms with Crippen molar-refractivity contribution in [3.05, 3.63) is 21.5 Å². The van der Waals surface area contributed by atoms with Gasteiger partial charge < -0.3 is 9.47 Å². The maximum Gasteiger partial charge on any atom is 0.344 e. The van der Waals surface area contributed by atoms with Crippen molar-refractivity contribution in [3.63, 3.8) is 0 Å². The molecule has 0 fully saturated rings. The van der Waals surface area contributed by atoms with Gasteiger partial charge in [-0.1, -0.05) is 0 Å². The zero-order valence-corrected chi connectivity index (χ0v) is 9.36. The summed E-state index contributed by atoms with van der Waals surface area (Å²) in [5.74, 6) is 0.0422. The van der Waals surface area contributed by atoms with Gasteiger partial charge in [0.05, 0.1) is 14.2 Å². The predicted octanol–water partition coefficient (Wildman–Crippen LogP) is 1.48. The van der Waals surface area contributed by atoms with E-state index in [1.807, 2.05) is 22.6 Å². The molecule has 0 unspecified atom stereocenters. The zero-order chi connectivity index (χ0) is 9.84. The second kappa shape index (κ2) is 4.40. The molecule has 0 aromatic carbocycles. The molecule has 70 valence electrons. The minimum absolute atomic E-state index is 0.369. The van der Waals surface area contributed by atoms with Gasteiger partial charge in [0, 0.05) is 6.20 Å². The van der Waals surface area contributed by atoms with Crippen molar-refractivity contribution in [1.82, 2.24) is 4.98 Å². The molecule has 0 spiro atoms. The van der Waals surface area contributed by atoms with Gasteiger partial charge in [-0.05, 0) is 28.7 Å². The molecule has 0 saturated heterocycles. The van der Waals surface area contributed by atoms with E-state index in [1.54, 1.807) is 12.3 Å². The van der Waals surface area contributed by atoms with Crippen molar-refractivity contribution in [2.24, 2.45) is 0 Å². The standard InChI is InChI=1S/C8H8INO3/c1-12-5-3-4-10-7(9)6(5)8(11)13-2/h3-4H,1-2H3. The normalized spacial score (nSPS) is 9.46. The van der Waals surface area contributed by atoms with Crippen LogP contribution in [0.1, 0.15) is 10.4 Å². The van der Waals surface area contributed by atoms with E-state index in [-0.39, 0.29) is 0 Å². The average molecular weight is 293 g/mol. The predicted molar refractivity (Wildman–Crippen MR) is 54.8 cm³/mol. The number of methoxy groups -OCH3 is 2. The molecule has 0 bridgehead atoms. The first-order valence-electron chi connectivity index (χ1n) is 3.47. The van der Waals surface area contributed by atoms with Gasteiger partial charge in [-0.3, -0.25) is 0 Å². The van der Waals surface area contributed by atoms with Crippen molar-refractivity contribution < 1.29 is 14.3 Å². The van der Waals surface area contributed by atoms with E-state index in [0.29, 0.717) is 15.0 Å². The van der Waals surface area contributed by atoms with Gasteiger partial charge in [0.25, 0.3) is 0 Å². The number of esters is 1.